The van der Waals surface area contributed by atoms with E-state index < -0.39 is 0 Å². The van der Waals surface area contributed by atoms with Crippen molar-refractivity contribution in [2.75, 3.05) is 19.7 Å². The first-order valence-corrected chi connectivity index (χ1v) is 9.01. The van der Waals surface area contributed by atoms with Gasteiger partial charge in [-0.3, -0.25) is 4.99 Å². The highest BCUT2D eigenvalue weighted by atomic mass is 127. The summed E-state index contributed by atoms with van der Waals surface area (Å²) in [7, 11) is 0. The molecule has 2 fully saturated rings. The van der Waals surface area contributed by atoms with Crippen LogP contribution in [0.4, 0.5) is 0 Å². The van der Waals surface area contributed by atoms with Crippen LogP contribution in [0.1, 0.15) is 51.2 Å². The third-order valence-corrected chi connectivity index (χ3v) is 4.90. The van der Waals surface area contributed by atoms with E-state index in [0.29, 0.717) is 6.04 Å². The second-order valence-corrected chi connectivity index (χ2v) is 6.66. The summed E-state index contributed by atoms with van der Waals surface area (Å²) in [6.07, 6.45) is 9.77. The van der Waals surface area contributed by atoms with E-state index in [1.54, 1.807) is 6.26 Å². The minimum Gasteiger partial charge on any atom is -0.469 e. The summed E-state index contributed by atoms with van der Waals surface area (Å²) in [6, 6.07) is 4.38. The molecule has 1 spiro atoms. The van der Waals surface area contributed by atoms with Gasteiger partial charge in [-0.2, -0.15) is 0 Å². The third kappa shape index (κ3) is 5.37. The quantitative estimate of drug-likeness (QED) is 0.412. The number of aliphatic imine (C=N–C) groups is 1. The highest BCUT2D eigenvalue weighted by molar-refractivity contribution is 14.0. The molecular weight excluding hydrogens is 417 g/mol. The first-order chi connectivity index (χ1) is 11.3. The topological polar surface area (TPSA) is 58.8 Å². The van der Waals surface area contributed by atoms with Gasteiger partial charge in [-0.25, -0.2) is 0 Å². The maximum atomic E-state index is 6.12. The molecule has 2 N–H and O–H groups in total. The highest BCUT2D eigenvalue weighted by Crippen LogP contribution is 2.39. The Kier molecular flexibility index (Phi) is 7.87. The first-order valence-electron chi connectivity index (χ1n) is 9.01. The van der Waals surface area contributed by atoms with Gasteiger partial charge in [0.25, 0.3) is 0 Å². The lowest BCUT2D eigenvalue weighted by Gasteiger charge is -2.39. The molecule has 1 aliphatic carbocycles. The number of rotatable bonds is 5. The van der Waals surface area contributed by atoms with E-state index >= 15 is 0 Å². The smallest absolute Gasteiger partial charge is 0.191 e. The second kappa shape index (κ2) is 9.65. The third-order valence-electron chi connectivity index (χ3n) is 4.90. The average Bonchev–Trinajstić information content (AvgIpc) is 3.20. The van der Waals surface area contributed by atoms with E-state index in [9.17, 15) is 0 Å². The summed E-state index contributed by atoms with van der Waals surface area (Å²) in [5.41, 5.74) is 0.140. The summed E-state index contributed by atoms with van der Waals surface area (Å²) >= 11 is 0. The van der Waals surface area contributed by atoms with Crippen molar-refractivity contribution in [3.63, 3.8) is 0 Å². The Labute approximate surface area is 162 Å². The minimum absolute atomic E-state index is 0. The van der Waals surface area contributed by atoms with Crippen LogP contribution in [0.25, 0.3) is 0 Å². The molecule has 1 saturated heterocycles. The zero-order valence-electron chi connectivity index (χ0n) is 14.6. The van der Waals surface area contributed by atoms with Gasteiger partial charge in [0.15, 0.2) is 5.96 Å². The summed E-state index contributed by atoms with van der Waals surface area (Å²) in [4.78, 5) is 4.69. The van der Waals surface area contributed by atoms with Gasteiger partial charge in [-0.05, 0) is 44.7 Å². The lowest BCUT2D eigenvalue weighted by atomic mass is 9.89. The molecule has 6 heteroatoms. The van der Waals surface area contributed by atoms with Crippen molar-refractivity contribution < 1.29 is 9.15 Å². The zero-order valence-corrected chi connectivity index (χ0v) is 16.9. The van der Waals surface area contributed by atoms with Crippen molar-refractivity contribution >= 4 is 29.9 Å². The van der Waals surface area contributed by atoms with Crippen LogP contribution in [-0.2, 0) is 11.2 Å². The zero-order chi connectivity index (χ0) is 16.0. The van der Waals surface area contributed by atoms with Gasteiger partial charge in [0.1, 0.15) is 5.76 Å². The first kappa shape index (κ1) is 19.6. The van der Waals surface area contributed by atoms with E-state index in [4.69, 9.17) is 14.1 Å². The van der Waals surface area contributed by atoms with Gasteiger partial charge < -0.3 is 19.8 Å². The van der Waals surface area contributed by atoms with Crippen LogP contribution >= 0.6 is 24.0 Å². The molecule has 0 radical (unpaired) electrons. The van der Waals surface area contributed by atoms with Crippen LogP contribution in [0.2, 0.25) is 0 Å². The van der Waals surface area contributed by atoms with Gasteiger partial charge >= 0.3 is 0 Å². The normalized spacial score (nSPS) is 23.0. The molecular formula is C18H30IN3O2. The van der Waals surface area contributed by atoms with E-state index in [2.05, 4.69) is 17.6 Å². The molecule has 5 nitrogen and oxygen atoms in total. The van der Waals surface area contributed by atoms with Gasteiger partial charge in [0.05, 0.1) is 11.9 Å². The number of nitrogens with one attached hydrogen (secondary N) is 2. The van der Waals surface area contributed by atoms with Crippen molar-refractivity contribution in [1.29, 1.82) is 0 Å². The molecule has 0 bridgehead atoms. The fourth-order valence-corrected chi connectivity index (χ4v) is 3.76. The Morgan fingerprint density at radius 1 is 1.38 bits per heavy atom. The lowest BCUT2D eigenvalue weighted by molar-refractivity contribution is -0.0815. The van der Waals surface area contributed by atoms with Crippen LogP contribution < -0.4 is 10.6 Å². The monoisotopic (exact) mass is 447 g/mol. The molecule has 1 aliphatic heterocycles. The number of ether oxygens (including phenoxy) is 1. The fourth-order valence-electron chi connectivity index (χ4n) is 3.76. The second-order valence-electron chi connectivity index (χ2n) is 6.66. The molecule has 1 saturated carbocycles. The molecule has 1 aromatic heterocycles. The Morgan fingerprint density at radius 3 is 2.92 bits per heavy atom. The van der Waals surface area contributed by atoms with E-state index in [1.807, 2.05) is 12.1 Å². The predicted molar refractivity (Wildman–Crippen MR) is 107 cm³/mol. The Bertz CT molecular complexity index is 498. The maximum Gasteiger partial charge on any atom is 0.191 e. The summed E-state index contributed by atoms with van der Waals surface area (Å²) in [5, 5.41) is 6.97. The van der Waals surface area contributed by atoms with E-state index in [1.165, 1.54) is 25.7 Å². The summed E-state index contributed by atoms with van der Waals surface area (Å²) in [5.74, 6) is 1.90. The van der Waals surface area contributed by atoms with E-state index in [-0.39, 0.29) is 29.6 Å². The number of guanidine groups is 1. The summed E-state index contributed by atoms with van der Waals surface area (Å²) in [6.45, 7) is 4.58. The van der Waals surface area contributed by atoms with Crippen LogP contribution in [0.5, 0.6) is 0 Å². The number of hydrogen-bond donors (Lipinski definition) is 2. The van der Waals surface area contributed by atoms with E-state index in [0.717, 1.165) is 50.7 Å². The van der Waals surface area contributed by atoms with Crippen molar-refractivity contribution in [2.24, 2.45) is 4.99 Å². The average molecular weight is 447 g/mol. The van der Waals surface area contributed by atoms with Gasteiger partial charge in [0, 0.05) is 32.2 Å². The molecule has 0 amide bonds. The SMILES string of the molecule is CCNC(=NCCc1ccco1)NC1CCOC2(CCCC2)C1.I. The molecule has 136 valence electrons. The van der Waals surface area contributed by atoms with Crippen LogP contribution in [-0.4, -0.2) is 37.3 Å². The Balaban J connectivity index is 0.00000208. The molecule has 1 atom stereocenters. The van der Waals surface area contributed by atoms with Crippen LogP contribution in [0, 0.1) is 0 Å². The van der Waals surface area contributed by atoms with Crippen molar-refractivity contribution in [2.45, 2.75) is 63.5 Å². The van der Waals surface area contributed by atoms with Crippen molar-refractivity contribution in [3.8, 4) is 0 Å². The number of halogens is 1. The molecule has 1 unspecified atom stereocenters. The predicted octanol–water partition coefficient (Wildman–Crippen LogP) is 3.49. The molecule has 24 heavy (non-hydrogen) atoms. The van der Waals surface area contributed by atoms with Gasteiger partial charge in [0.2, 0.25) is 0 Å². The number of hydrogen-bond acceptors (Lipinski definition) is 3. The van der Waals surface area contributed by atoms with Crippen molar-refractivity contribution in [1.82, 2.24) is 10.6 Å². The molecule has 2 aliphatic rings. The molecule has 3 rings (SSSR count). The number of furan rings is 1. The molecule has 2 heterocycles. The maximum absolute atomic E-state index is 6.12. The van der Waals surface area contributed by atoms with Gasteiger partial charge in [-0.1, -0.05) is 12.8 Å². The fraction of sp³-hybridized carbons (Fsp3) is 0.722. The van der Waals surface area contributed by atoms with Crippen molar-refractivity contribution in [3.05, 3.63) is 24.2 Å². The number of nitrogens with zero attached hydrogens (tertiary/aromatic N) is 1. The Hall–Kier alpha value is -0.760. The highest BCUT2D eigenvalue weighted by Gasteiger charge is 2.40. The van der Waals surface area contributed by atoms with Gasteiger partial charge in [-0.15, -0.1) is 24.0 Å². The Morgan fingerprint density at radius 2 is 2.21 bits per heavy atom. The molecule has 0 aromatic carbocycles. The van der Waals surface area contributed by atoms with Crippen LogP contribution in [0.15, 0.2) is 27.8 Å². The minimum atomic E-state index is 0. The molecule has 1 aromatic rings. The lowest BCUT2D eigenvalue weighted by Crippen LogP contribution is -2.50. The standard InChI is InChI=1S/C18H29N3O2.HI/c1-2-19-17(20-11-7-16-6-5-12-22-16)21-15-8-13-23-18(14-15)9-3-4-10-18;/h5-6,12,15H,2-4,7-11,13-14H2,1H3,(H2,19,20,21);1H. The van der Waals surface area contributed by atoms with Crippen LogP contribution in [0.3, 0.4) is 0 Å². The largest absolute Gasteiger partial charge is 0.469 e. The summed E-state index contributed by atoms with van der Waals surface area (Å²) < 4.78 is 11.5.